The molecule has 5 nitrogen and oxygen atoms in total. The molecule has 2 aromatic heterocycles. The molecule has 8 heteroatoms. The van der Waals surface area contributed by atoms with E-state index in [2.05, 4.69) is 56.7 Å². The Bertz CT molecular complexity index is 1460. The molecule has 2 aromatic carbocycles. The summed E-state index contributed by atoms with van der Waals surface area (Å²) >= 11 is 12.9. The molecule has 0 unspecified atom stereocenters. The number of thiocarbonyl (C=S) groups is 1. The Morgan fingerprint density at radius 2 is 1.69 bits per heavy atom. The molecule has 6 rings (SSSR count). The molecule has 0 amide bonds. The van der Waals surface area contributed by atoms with E-state index in [1.165, 1.54) is 18.6 Å². The summed E-state index contributed by atoms with van der Waals surface area (Å²) in [5.74, 6) is 0.988. The van der Waals surface area contributed by atoms with Gasteiger partial charge in [0.25, 0.3) is 0 Å². The van der Waals surface area contributed by atoms with Crippen molar-refractivity contribution in [2.45, 2.75) is 32.4 Å². The fourth-order valence-corrected chi connectivity index (χ4v) is 6.81. The van der Waals surface area contributed by atoms with Crippen molar-refractivity contribution in [3.63, 3.8) is 0 Å². The molecule has 39 heavy (non-hydrogen) atoms. The standard InChI is InChI=1S/C31H31ClFN5S/c1-20-16-21(2)19-36(18-20)27-13-12-24(17-25(27)32)38-30(29(35-31(38)39)26-6-3-4-14-34-26)28-7-5-15-37(28)23-10-8-22(33)9-11-23/h3-15,17,20-21,29-30H,16,18-19H2,1-2H3,(H,35,39)/t20-,21+,29-,30+/m1/s1. The summed E-state index contributed by atoms with van der Waals surface area (Å²) in [6.07, 6.45) is 5.03. The molecule has 4 aromatic rings. The van der Waals surface area contributed by atoms with E-state index in [4.69, 9.17) is 23.8 Å². The summed E-state index contributed by atoms with van der Waals surface area (Å²) in [4.78, 5) is 9.19. The third kappa shape index (κ3) is 5.01. The van der Waals surface area contributed by atoms with E-state index in [0.717, 1.165) is 41.5 Å². The molecule has 4 heterocycles. The average molecular weight is 560 g/mol. The number of rotatable bonds is 5. The van der Waals surface area contributed by atoms with Crippen molar-refractivity contribution in [2.24, 2.45) is 11.8 Å². The summed E-state index contributed by atoms with van der Waals surface area (Å²) < 4.78 is 15.8. The first-order valence-corrected chi connectivity index (χ1v) is 14.2. The molecule has 2 saturated heterocycles. The van der Waals surface area contributed by atoms with E-state index >= 15 is 0 Å². The topological polar surface area (TPSA) is 36.3 Å². The molecule has 2 aliphatic rings. The Labute approximate surface area is 239 Å². The van der Waals surface area contributed by atoms with Crippen LogP contribution in [-0.4, -0.2) is 27.8 Å². The Balaban J connectivity index is 1.42. The van der Waals surface area contributed by atoms with E-state index < -0.39 is 0 Å². The van der Waals surface area contributed by atoms with Gasteiger partial charge >= 0.3 is 0 Å². The lowest BCUT2D eigenvalue weighted by molar-refractivity contribution is 0.357. The molecule has 200 valence electrons. The number of benzene rings is 2. The van der Waals surface area contributed by atoms with Crippen LogP contribution in [-0.2, 0) is 0 Å². The van der Waals surface area contributed by atoms with Crippen LogP contribution < -0.4 is 15.1 Å². The van der Waals surface area contributed by atoms with Crippen LogP contribution in [0.5, 0.6) is 0 Å². The number of nitrogens with one attached hydrogen (secondary N) is 1. The highest BCUT2D eigenvalue weighted by Gasteiger charge is 2.42. The van der Waals surface area contributed by atoms with Gasteiger partial charge in [-0.05, 0) is 97.2 Å². The highest BCUT2D eigenvalue weighted by atomic mass is 35.5. The molecule has 0 spiro atoms. The molecular weight excluding hydrogens is 529 g/mol. The first kappa shape index (κ1) is 25.8. The van der Waals surface area contributed by atoms with Crippen LogP contribution in [0.1, 0.15) is 43.7 Å². The van der Waals surface area contributed by atoms with E-state index in [1.807, 2.05) is 36.5 Å². The maximum atomic E-state index is 13.7. The highest BCUT2D eigenvalue weighted by Crippen LogP contribution is 2.44. The minimum Gasteiger partial charge on any atom is -0.370 e. The Kier molecular flexibility index (Phi) is 7.04. The van der Waals surface area contributed by atoms with E-state index in [1.54, 1.807) is 18.3 Å². The third-order valence-corrected chi connectivity index (χ3v) is 8.32. The van der Waals surface area contributed by atoms with Crippen molar-refractivity contribution in [3.05, 3.63) is 107 Å². The van der Waals surface area contributed by atoms with Gasteiger partial charge in [-0.15, -0.1) is 0 Å². The van der Waals surface area contributed by atoms with Gasteiger partial charge in [-0.1, -0.05) is 31.5 Å². The van der Waals surface area contributed by atoms with E-state index in [-0.39, 0.29) is 17.9 Å². The molecule has 1 N–H and O–H groups in total. The van der Waals surface area contributed by atoms with Crippen molar-refractivity contribution in [3.8, 4) is 5.69 Å². The smallest absolute Gasteiger partial charge is 0.174 e. The Morgan fingerprint density at radius 1 is 0.949 bits per heavy atom. The zero-order valence-corrected chi connectivity index (χ0v) is 23.5. The number of nitrogens with zero attached hydrogens (tertiary/aromatic N) is 4. The third-order valence-electron chi connectivity index (χ3n) is 7.71. The van der Waals surface area contributed by atoms with E-state index in [9.17, 15) is 4.39 Å². The second-order valence-corrected chi connectivity index (χ2v) is 11.6. The summed E-state index contributed by atoms with van der Waals surface area (Å²) in [7, 11) is 0. The minimum absolute atomic E-state index is 0.199. The van der Waals surface area contributed by atoms with Crippen molar-refractivity contribution in [1.29, 1.82) is 0 Å². The summed E-state index contributed by atoms with van der Waals surface area (Å²) in [6.45, 7) is 6.61. The van der Waals surface area contributed by atoms with Crippen LogP contribution >= 0.6 is 23.8 Å². The second kappa shape index (κ2) is 10.6. The normalized spacial score (nSPS) is 23.2. The maximum absolute atomic E-state index is 13.7. The predicted octanol–water partition coefficient (Wildman–Crippen LogP) is 7.32. The van der Waals surface area contributed by atoms with Gasteiger partial charge in [-0.2, -0.15) is 0 Å². The minimum atomic E-state index is -0.267. The molecule has 2 fully saturated rings. The number of anilines is 2. The first-order chi connectivity index (χ1) is 18.9. The van der Waals surface area contributed by atoms with Crippen molar-refractivity contribution in [1.82, 2.24) is 14.9 Å². The van der Waals surface area contributed by atoms with Crippen LogP contribution in [0, 0.1) is 17.7 Å². The second-order valence-electron chi connectivity index (χ2n) is 10.8. The Hall–Kier alpha value is -3.42. The van der Waals surface area contributed by atoms with Gasteiger partial charge in [0.05, 0.1) is 22.4 Å². The van der Waals surface area contributed by atoms with Crippen LogP contribution in [0.2, 0.25) is 5.02 Å². The van der Waals surface area contributed by atoms with Crippen molar-refractivity contribution < 1.29 is 4.39 Å². The van der Waals surface area contributed by atoms with Crippen LogP contribution in [0.25, 0.3) is 5.69 Å². The Morgan fingerprint density at radius 3 is 2.38 bits per heavy atom. The molecule has 0 radical (unpaired) electrons. The fourth-order valence-electron chi connectivity index (χ4n) is 6.17. The maximum Gasteiger partial charge on any atom is 0.174 e. The molecular formula is C31H31ClFN5S. The van der Waals surface area contributed by atoms with Gasteiger partial charge in [-0.25, -0.2) is 4.39 Å². The average Bonchev–Trinajstić information content (AvgIpc) is 3.53. The largest absolute Gasteiger partial charge is 0.370 e. The zero-order chi connectivity index (χ0) is 27.1. The molecule has 0 saturated carbocycles. The number of hydrogen-bond donors (Lipinski definition) is 1. The lowest BCUT2D eigenvalue weighted by atomic mass is 9.91. The van der Waals surface area contributed by atoms with Gasteiger partial charge in [0.15, 0.2) is 5.11 Å². The van der Waals surface area contributed by atoms with Crippen molar-refractivity contribution in [2.75, 3.05) is 22.9 Å². The van der Waals surface area contributed by atoms with Gasteiger partial charge in [0.2, 0.25) is 0 Å². The highest BCUT2D eigenvalue weighted by molar-refractivity contribution is 7.80. The van der Waals surface area contributed by atoms with Crippen LogP contribution in [0.15, 0.2) is 85.2 Å². The lowest BCUT2D eigenvalue weighted by Gasteiger charge is -2.37. The number of aromatic nitrogens is 2. The number of piperidine rings is 1. The summed E-state index contributed by atoms with van der Waals surface area (Å²) in [6, 6.07) is 22.3. The van der Waals surface area contributed by atoms with Gasteiger partial charge in [-0.3, -0.25) is 4.98 Å². The quantitative estimate of drug-likeness (QED) is 0.259. The predicted molar refractivity (Wildman–Crippen MR) is 160 cm³/mol. The molecule has 2 aliphatic heterocycles. The number of hydrogen-bond acceptors (Lipinski definition) is 3. The van der Waals surface area contributed by atoms with Gasteiger partial charge < -0.3 is 19.7 Å². The van der Waals surface area contributed by atoms with E-state index in [0.29, 0.717) is 22.0 Å². The number of pyridine rings is 1. The van der Waals surface area contributed by atoms with Crippen molar-refractivity contribution >= 4 is 40.3 Å². The zero-order valence-electron chi connectivity index (χ0n) is 22.0. The fraction of sp³-hybridized carbons (Fsp3) is 0.290. The lowest BCUT2D eigenvalue weighted by Crippen LogP contribution is -2.38. The monoisotopic (exact) mass is 559 g/mol. The molecule has 0 bridgehead atoms. The SMILES string of the molecule is C[C@@H]1C[C@H](C)CN(c2ccc(N3C(=S)N[C@H](c4ccccn4)[C@@H]3c3cccn3-c3ccc(F)cc3)cc2Cl)C1. The molecule has 4 atom stereocenters. The summed E-state index contributed by atoms with van der Waals surface area (Å²) in [5.41, 5.74) is 4.73. The first-order valence-electron chi connectivity index (χ1n) is 13.4. The molecule has 0 aliphatic carbocycles. The van der Waals surface area contributed by atoms with Crippen LogP contribution in [0.3, 0.4) is 0 Å². The van der Waals surface area contributed by atoms with Gasteiger partial charge in [0.1, 0.15) is 11.9 Å². The summed E-state index contributed by atoms with van der Waals surface area (Å²) in [5, 5.41) is 4.84. The van der Waals surface area contributed by atoms with Gasteiger partial charge in [0, 0.05) is 42.6 Å². The number of halogens is 2. The van der Waals surface area contributed by atoms with Crippen LogP contribution in [0.4, 0.5) is 15.8 Å².